The minimum absolute atomic E-state index is 0.323. The number of alkyl halides is 3. The minimum atomic E-state index is -4.54. The number of methoxy groups -OCH3 is 1. The number of hydrogen-bond donors (Lipinski definition) is 0. The van der Waals surface area contributed by atoms with Crippen molar-refractivity contribution in [2.45, 2.75) is 13.1 Å². The fourth-order valence-corrected chi connectivity index (χ4v) is 1.86. The van der Waals surface area contributed by atoms with E-state index in [9.17, 15) is 13.2 Å². The first kappa shape index (κ1) is 14.4. The Bertz CT molecular complexity index is 455. The molecule has 0 unspecified atom stereocenters. The maximum Gasteiger partial charge on any atom is 0.426 e. The van der Waals surface area contributed by atoms with Gasteiger partial charge in [-0.05, 0) is 46.1 Å². The summed E-state index contributed by atoms with van der Waals surface area (Å²) in [4.78, 5) is 0. The van der Waals surface area contributed by atoms with Crippen LogP contribution in [0.25, 0.3) is 6.08 Å². The van der Waals surface area contributed by atoms with Crippen molar-refractivity contribution in [3.8, 4) is 5.75 Å². The maximum atomic E-state index is 12.3. The number of aryl methyl sites for hydroxylation is 1. The molecule has 0 saturated carbocycles. The summed E-state index contributed by atoms with van der Waals surface area (Å²) in [6.45, 7) is 1.76. The first-order valence-corrected chi connectivity index (χ1v) is 5.71. The highest BCUT2D eigenvalue weighted by Gasteiger charge is 2.32. The van der Waals surface area contributed by atoms with Crippen LogP contribution in [0.1, 0.15) is 11.1 Å². The largest absolute Gasteiger partial charge is 0.496 e. The number of halogens is 5. The average molecular weight is 330 g/mol. The molecule has 0 amide bonds. The molecular weight excluding hydrogens is 320 g/mol. The lowest BCUT2D eigenvalue weighted by atomic mass is 10.1. The molecule has 0 saturated heterocycles. The van der Waals surface area contributed by atoms with Crippen LogP contribution in [-0.4, -0.2) is 13.3 Å². The molecule has 0 aliphatic carbocycles. The lowest BCUT2D eigenvalue weighted by Gasteiger charge is -2.09. The van der Waals surface area contributed by atoms with Gasteiger partial charge in [0.25, 0.3) is 0 Å². The first-order chi connectivity index (χ1) is 7.75. The van der Waals surface area contributed by atoms with Gasteiger partial charge in [-0.2, -0.15) is 13.2 Å². The van der Waals surface area contributed by atoms with E-state index in [1.165, 1.54) is 7.11 Å². The van der Waals surface area contributed by atoms with Gasteiger partial charge in [0.15, 0.2) is 0 Å². The molecule has 1 aromatic rings. The van der Waals surface area contributed by atoms with E-state index in [0.29, 0.717) is 15.8 Å². The smallest absolute Gasteiger partial charge is 0.426 e. The van der Waals surface area contributed by atoms with Crippen LogP contribution in [0.4, 0.5) is 13.2 Å². The summed E-state index contributed by atoms with van der Waals surface area (Å²) in [7, 11) is 1.44. The van der Waals surface area contributed by atoms with Crippen molar-refractivity contribution in [3.05, 3.63) is 32.8 Å². The van der Waals surface area contributed by atoms with Crippen LogP contribution in [0.3, 0.4) is 0 Å². The van der Waals surface area contributed by atoms with Gasteiger partial charge in [-0.25, -0.2) is 0 Å². The molecule has 0 spiro atoms. The summed E-state index contributed by atoms with van der Waals surface area (Å²) < 4.78 is 42.4. The van der Waals surface area contributed by atoms with Gasteiger partial charge in [0.1, 0.15) is 10.8 Å². The van der Waals surface area contributed by atoms with Crippen LogP contribution in [0.2, 0.25) is 0 Å². The predicted molar refractivity (Wildman–Crippen MR) is 65.3 cm³/mol. The van der Waals surface area contributed by atoms with E-state index in [1.54, 1.807) is 19.1 Å². The molecule has 0 N–H and O–H groups in total. The van der Waals surface area contributed by atoms with Gasteiger partial charge in [0.2, 0.25) is 0 Å². The topological polar surface area (TPSA) is 9.23 Å². The van der Waals surface area contributed by atoms with Crippen LogP contribution in [-0.2, 0) is 0 Å². The zero-order valence-corrected chi connectivity index (χ0v) is 11.4. The Morgan fingerprint density at radius 1 is 1.41 bits per heavy atom. The van der Waals surface area contributed by atoms with E-state index in [1.807, 2.05) is 0 Å². The number of ether oxygens (including phenoxy) is 1. The molecule has 94 valence electrons. The van der Waals surface area contributed by atoms with Crippen molar-refractivity contribution in [2.75, 3.05) is 7.11 Å². The van der Waals surface area contributed by atoms with Crippen LogP contribution in [0.5, 0.6) is 5.75 Å². The summed E-state index contributed by atoms with van der Waals surface area (Å²) in [6.07, 6.45) is -3.68. The molecule has 0 radical (unpaired) electrons. The summed E-state index contributed by atoms with van der Waals surface area (Å²) in [5, 5.41) is -1.18. The molecule has 1 aromatic carbocycles. The Morgan fingerprint density at radius 3 is 2.47 bits per heavy atom. The van der Waals surface area contributed by atoms with E-state index in [-0.39, 0.29) is 0 Å². The van der Waals surface area contributed by atoms with Crippen molar-refractivity contribution in [1.29, 1.82) is 0 Å². The Balaban J connectivity index is 3.28. The molecule has 0 bridgehead atoms. The molecule has 0 aromatic heterocycles. The number of allylic oxidation sites excluding steroid dienone is 1. The Labute approximate surface area is 110 Å². The Morgan fingerprint density at radius 2 is 2.00 bits per heavy atom. The number of hydrogen-bond acceptors (Lipinski definition) is 1. The number of benzene rings is 1. The van der Waals surface area contributed by atoms with E-state index in [0.717, 1.165) is 11.6 Å². The molecule has 0 aliphatic heterocycles. The Hall–Kier alpha value is -0.680. The second-order valence-corrected chi connectivity index (χ2v) is 4.56. The third-order valence-corrected chi connectivity index (χ3v) is 3.16. The predicted octanol–water partition coefficient (Wildman–Crippen LogP) is 4.91. The SMILES string of the molecule is COc1cc(C)cc(C=C(Cl)C(F)(F)F)c1Br. The van der Waals surface area contributed by atoms with Gasteiger partial charge in [0, 0.05) is 0 Å². The third kappa shape index (κ3) is 3.64. The van der Waals surface area contributed by atoms with Crippen molar-refractivity contribution in [1.82, 2.24) is 0 Å². The van der Waals surface area contributed by atoms with E-state index in [2.05, 4.69) is 15.9 Å². The van der Waals surface area contributed by atoms with Gasteiger partial charge in [0.05, 0.1) is 11.6 Å². The second kappa shape index (κ2) is 5.31. The Kier molecular flexibility index (Phi) is 4.49. The fourth-order valence-electron chi connectivity index (χ4n) is 1.23. The highest BCUT2D eigenvalue weighted by Crippen LogP contribution is 2.35. The van der Waals surface area contributed by atoms with Gasteiger partial charge >= 0.3 is 6.18 Å². The van der Waals surface area contributed by atoms with Crippen LogP contribution >= 0.6 is 27.5 Å². The number of rotatable bonds is 2. The van der Waals surface area contributed by atoms with Gasteiger partial charge in [-0.15, -0.1) is 0 Å². The molecule has 1 rings (SSSR count). The molecule has 0 atom stereocenters. The zero-order chi connectivity index (χ0) is 13.2. The van der Waals surface area contributed by atoms with Gasteiger partial charge < -0.3 is 4.74 Å². The van der Waals surface area contributed by atoms with E-state index < -0.39 is 11.2 Å². The second-order valence-electron chi connectivity index (χ2n) is 3.36. The third-order valence-electron chi connectivity index (χ3n) is 1.98. The molecule has 17 heavy (non-hydrogen) atoms. The van der Waals surface area contributed by atoms with Gasteiger partial charge in [-0.3, -0.25) is 0 Å². The monoisotopic (exact) mass is 328 g/mol. The van der Waals surface area contributed by atoms with Crippen molar-refractivity contribution >= 4 is 33.6 Å². The highest BCUT2D eigenvalue weighted by molar-refractivity contribution is 9.10. The molecular formula is C11H9BrClF3O. The average Bonchev–Trinajstić information content (AvgIpc) is 2.21. The molecule has 0 aliphatic rings. The molecule has 6 heteroatoms. The van der Waals surface area contributed by atoms with Crippen LogP contribution in [0, 0.1) is 6.92 Å². The standard InChI is InChI=1S/C11H9BrClF3O/c1-6-3-7(5-9(13)11(14,15)16)10(12)8(4-6)17-2/h3-5H,1-2H3. The van der Waals surface area contributed by atoms with Crippen molar-refractivity contribution in [3.63, 3.8) is 0 Å². The van der Waals surface area contributed by atoms with Crippen molar-refractivity contribution < 1.29 is 17.9 Å². The summed E-state index contributed by atoms with van der Waals surface area (Å²) in [6, 6.07) is 3.30. The highest BCUT2D eigenvalue weighted by atomic mass is 79.9. The minimum Gasteiger partial charge on any atom is -0.496 e. The summed E-state index contributed by atoms with van der Waals surface area (Å²) in [5.41, 5.74) is 1.10. The zero-order valence-electron chi connectivity index (χ0n) is 9.03. The van der Waals surface area contributed by atoms with Gasteiger partial charge in [-0.1, -0.05) is 17.7 Å². The summed E-state index contributed by atoms with van der Waals surface area (Å²) >= 11 is 8.36. The van der Waals surface area contributed by atoms with E-state index in [4.69, 9.17) is 16.3 Å². The fraction of sp³-hybridized carbons (Fsp3) is 0.273. The molecule has 1 nitrogen and oxygen atoms in total. The van der Waals surface area contributed by atoms with Crippen LogP contribution in [0.15, 0.2) is 21.6 Å². The maximum absolute atomic E-state index is 12.3. The molecule has 0 heterocycles. The summed E-state index contributed by atoms with van der Waals surface area (Å²) in [5.74, 6) is 0.461. The van der Waals surface area contributed by atoms with Crippen LogP contribution < -0.4 is 4.74 Å². The lowest BCUT2D eigenvalue weighted by molar-refractivity contribution is -0.0836. The van der Waals surface area contributed by atoms with Crippen molar-refractivity contribution in [2.24, 2.45) is 0 Å². The lowest BCUT2D eigenvalue weighted by Crippen LogP contribution is -2.06. The normalized spacial score (nSPS) is 12.8. The quantitative estimate of drug-likeness (QED) is 0.749. The van der Waals surface area contributed by atoms with E-state index >= 15 is 0 Å². The molecule has 0 fully saturated rings. The first-order valence-electron chi connectivity index (χ1n) is 4.54.